The molecule has 2 aromatic carbocycles. The quantitative estimate of drug-likeness (QED) is 0.762. The van der Waals surface area contributed by atoms with E-state index in [1.54, 1.807) is 13.2 Å². The SMILES string of the molecule is COc1ccc2c(c1)NC(=O)CN2c1nc(CO)nc2ccccc12. The number of nitrogens with one attached hydrogen (secondary N) is 1. The van der Waals surface area contributed by atoms with Crippen LogP contribution < -0.4 is 15.0 Å². The third kappa shape index (κ3) is 2.64. The van der Waals surface area contributed by atoms with Gasteiger partial charge in [0.2, 0.25) is 5.91 Å². The molecule has 0 saturated heterocycles. The molecule has 0 atom stereocenters. The lowest BCUT2D eigenvalue weighted by Crippen LogP contribution is -2.35. The molecule has 4 rings (SSSR count). The maximum Gasteiger partial charge on any atom is 0.244 e. The lowest BCUT2D eigenvalue weighted by molar-refractivity contribution is -0.115. The van der Waals surface area contributed by atoms with Gasteiger partial charge in [-0.2, -0.15) is 0 Å². The van der Waals surface area contributed by atoms with Gasteiger partial charge in [-0.05, 0) is 24.3 Å². The highest BCUT2D eigenvalue weighted by molar-refractivity contribution is 6.05. The average molecular weight is 336 g/mol. The Morgan fingerprint density at radius 1 is 1.24 bits per heavy atom. The van der Waals surface area contributed by atoms with E-state index in [4.69, 9.17) is 4.74 Å². The van der Waals surface area contributed by atoms with Crippen LogP contribution in [0.4, 0.5) is 17.2 Å². The second kappa shape index (κ2) is 6.03. The number of hydrogen-bond acceptors (Lipinski definition) is 6. The van der Waals surface area contributed by atoms with Crippen molar-refractivity contribution in [1.82, 2.24) is 9.97 Å². The average Bonchev–Trinajstić information content (AvgIpc) is 2.65. The van der Waals surface area contributed by atoms with Gasteiger partial charge in [0.15, 0.2) is 5.82 Å². The molecule has 0 saturated carbocycles. The molecule has 25 heavy (non-hydrogen) atoms. The minimum absolute atomic E-state index is 0.130. The number of amides is 1. The van der Waals surface area contributed by atoms with Crippen molar-refractivity contribution in [2.75, 3.05) is 23.9 Å². The first-order valence-corrected chi connectivity index (χ1v) is 7.81. The van der Waals surface area contributed by atoms with E-state index in [1.165, 1.54) is 0 Å². The smallest absolute Gasteiger partial charge is 0.244 e. The molecule has 2 N–H and O–H groups in total. The Kier molecular flexibility index (Phi) is 3.70. The summed E-state index contributed by atoms with van der Waals surface area (Å²) in [6.45, 7) is -0.140. The molecule has 2 heterocycles. The molecule has 7 heteroatoms. The van der Waals surface area contributed by atoms with Crippen LogP contribution >= 0.6 is 0 Å². The maximum absolute atomic E-state index is 12.2. The fourth-order valence-corrected chi connectivity index (χ4v) is 2.97. The minimum Gasteiger partial charge on any atom is -0.497 e. The highest BCUT2D eigenvalue weighted by Gasteiger charge is 2.26. The number of carbonyl (C=O) groups is 1. The van der Waals surface area contributed by atoms with Gasteiger partial charge in [-0.15, -0.1) is 0 Å². The van der Waals surface area contributed by atoms with Crippen LogP contribution in [0.15, 0.2) is 42.5 Å². The number of aromatic nitrogens is 2. The second-order valence-electron chi connectivity index (χ2n) is 5.66. The number of aliphatic hydroxyl groups is 1. The Bertz CT molecular complexity index is 974. The van der Waals surface area contributed by atoms with Crippen LogP contribution in [0.5, 0.6) is 5.75 Å². The summed E-state index contributed by atoms with van der Waals surface area (Å²) in [4.78, 5) is 22.9. The Morgan fingerprint density at radius 2 is 2.08 bits per heavy atom. The molecule has 0 unspecified atom stereocenters. The molecule has 0 bridgehead atoms. The number of benzene rings is 2. The van der Waals surface area contributed by atoms with Crippen LogP contribution in [0.3, 0.4) is 0 Å². The van der Waals surface area contributed by atoms with E-state index in [2.05, 4.69) is 15.3 Å². The van der Waals surface area contributed by atoms with Crippen molar-refractivity contribution in [3.8, 4) is 5.75 Å². The molecule has 1 aromatic heterocycles. The molecule has 1 amide bonds. The zero-order valence-corrected chi connectivity index (χ0v) is 13.6. The molecular weight excluding hydrogens is 320 g/mol. The molecule has 126 valence electrons. The lowest BCUT2D eigenvalue weighted by atomic mass is 10.1. The highest BCUT2D eigenvalue weighted by Crippen LogP contribution is 2.38. The molecule has 1 aliphatic heterocycles. The summed E-state index contributed by atoms with van der Waals surface area (Å²) in [6.07, 6.45) is 0. The first-order chi connectivity index (χ1) is 12.2. The predicted molar refractivity (Wildman–Crippen MR) is 94.1 cm³/mol. The first-order valence-electron chi connectivity index (χ1n) is 7.81. The van der Waals surface area contributed by atoms with Gasteiger partial charge in [-0.25, -0.2) is 9.97 Å². The van der Waals surface area contributed by atoms with Crippen LogP contribution in [0.2, 0.25) is 0 Å². The monoisotopic (exact) mass is 336 g/mol. The number of fused-ring (bicyclic) bond motifs is 2. The molecule has 0 spiro atoms. The standard InChI is InChI=1S/C18H16N4O3/c1-25-11-6-7-15-14(8-11)20-17(24)9-22(15)18-12-4-2-3-5-13(12)19-16(10-23)21-18/h2-8,23H,9-10H2,1H3,(H,20,24). The molecule has 0 radical (unpaired) electrons. The summed E-state index contributed by atoms with van der Waals surface area (Å²) < 4.78 is 5.23. The molecule has 1 aliphatic rings. The Morgan fingerprint density at radius 3 is 2.88 bits per heavy atom. The van der Waals surface area contributed by atoms with Crippen molar-refractivity contribution in [2.24, 2.45) is 0 Å². The number of hydrogen-bond donors (Lipinski definition) is 2. The summed E-state index contributed by atoms with van der Waals surface area (Å²) >= 11 is 0. The van der Waals surface area contributed by atoms with E-state index >= 15 is 0 Å². The Balaban J connectivity index is 1.93. The van der Waals surface area contributed by atoms with E-state index < -0.39 is 0 Å². The number of nitrogens with zero attached hydrogens (tertiary/aromatic N) is 3. The number of ether oxygens (including phenoxy) is 1. The first kappa shape index (κ1) is 15.3. The van der Waals surface area contributed by atoms with Gasteiger partial charge in [0, 0.05) is 11.5 Å². The normalized spacial score (nSPS) is 13.5. The van der Waals surface area contributed by atoms with E-state index in [-0.39, 0.29) is 19.1 Å². The summed E-state index contributed by atoms with van der Waals surface area (Å²) in [5, 5.41) is 13.2. The second-order valence-corrected chi connectivity index (χ2v) is 5.66. The van der Waals surface area contributed by atoms with Crippen LogP contribution in [0, 0.1) is 0 Å². The number of aliphatic hydroxyl groups excluding tert-OH is 1. The van der Waals surface area contributed by atoms with Crippen molar-refractivity contribution in [1.29, 1.82) is 0 Å². The third-order valence-electron chi connectivity index (χ3n) is 4.10. The van der Waals surface area contributed by atoms with Gasteiger partial charge in [0.1, 0.15) is 24.7 Å². The van der Waals surface area contributed by atoms with Crippen LogP contribution in [-0.4, -0.2) is 34.6 Å². The number of anilines is 3. The van der Waals surface area contributed by atoms with E-state index in [0.29, 0.717) is 23.1 Å². The molecule has 0 fully saturated rings. The van der Waals surface area contributed by atoms with E-state index in [1.807, 2.05) is 41.3 Å². The Hall–Kier alpha value is -3.19. The molecule has 3 aromatic rings. The fourth-order valence-electron chi connectivity index (χ4n) is 2.97. The van der Waals surface area contributed by atoms with Crippen LogP contribution in [0.1, 0.15) is 5.82 Å². The van der Waals surface area contributed by atoms with Gasteiger partial charge in [-0.1, -0.05) is 12.1 Å². The molecule has 7 nitrogen and oxygen atoms in total. The Labute approximate surface area is 143 Å². The topological polar surface area (TPSA) is 87.6 Å². The van der Waals surface area contributed by atoms with E-state index in [9.17, 15) is 9.90 Å². The fraction of sp³-hybridized carbons (Fsp3) is 0.167. The summed E-state index contributed by atoms with van der Waals surface area (Å²) in [6, 6.07) is 13.0. The van der Waals surface area contributed by atoms with Gasteiger partial charge in [0.05, 0.1) is 24.0 Å². The minimum atomic E-state index is -0.270. The van der Waals surface area contributed by atoms with Crippen molar-refractivity contribution < 1.29 is 14.6 Å². The van der Waals surface area contributed by atoms with Crippen LogP contribution in [0.25, 0.3) is 10.9 Å². The van der Waals surface area contributed by atoms with Crippen molar-refractivity contribution in [3.63, 3.8) is 0 Å². The molecular formula is C18H16N4O3. The van der Waals surface area contributed by atoms with Crippen LogP contribution in [-0.2, 0) is 11.4 Å². The number of methoxy groups -OCH3 is 1. The van der Waals surface area contributed by atoms with Crippen molar-refractivity contribution in [3.05, 3.63) is 48.3 Å². The summed E-state index contributed by atoms with van der Waals surface area (Å²) in [7, 11) is 1.58. The van der Waals surface area contributed by atoms with Gasteiger partial charge in [0.25, 0.3) is 0 Å². The number of rotatable bonds is 3. The van der Waals surface area contributed by atoms with Crippen molar-refractivity contribution >= 4 is 34.0 Å². The van der Waals surface area contributed by atoms with Crippen molar-refractivity contribution in [2.45, 2.75) is 6.61 Å². The zero-order chi connectivity index (χ0) is 17.4. The van der Waals surface area contributed by atoms with Gasteiger partial charge in [-0.3, -0.25) is 4.79 Å². The summed E-state index contributed by atoms with van der Waals surface area (Å²) in [5.41, 5.74) is 2.19. The van der Waals surface area contributed by atoms with Gasteiger partial charge < -0.3 is 20.1 Å². The number of carbonyl (C=O) groups excluding carboxylic acids is 1. The lowest BCUT2D eigenvalue weighted by Gasteiger charge is -2.31. The molecule has 0 aliphatic carbocycles. The van der Waals surface area contributed by atoms with Gasteiger partial charge >= 0.3 is 0 Å². The third-order valence-corrected chi connectivity index (χ3v) is 4.10. The zero-order valence-electron chi connectivity index (χ0n) is 13.6. The maximum atomic E-state index is 12.2. The largest absolute Gasteiger partial charge is 0.497 e. The van der Waals surface area contributed by atoms with E-state index in [0.717, 1.165) is 16.6 Å². The predicted octanol–water partition coefficient (Wildman–Crippen LogP) is 2.22. The highest BCUT2D eigenvalue weighted by atomic mass is 16.5. The number of para-hydroxylation sites is 1. The summed E-state index contributed by atoms with van der Waals surface area (Å²) in [5.74, 6) is 1.42.